The van der Waals surface area contributed by atoms with Crippen LogP contribution in [0.3, 0.4) is 0 Å². The zero-order valence-corrected chi connectivity index (χ0v) is 24.5. The summed E-state index contributed by atoms with van der Waals surface area (Å²) in [6, 6.07) is 7.76. The van der Waals surface area contributed by atoms with Crippen molar-refractivity contribution in [3.8, 4) is 23.0 Å². The zero-order chi connectivity index (χ0) is 28.3. The third-order valence-electron chi connectivity index (χ3n) is 5.09. The molecule has 0 saturated heterocycles. The van der Waals surface area contributed by atoms with Gasteiger partial charge in [0.1, 0.15) is 11.4 Å². The molecule has 0 bridgehead atoms. The molecule has 1 heterocycles. The van der Waals surface area contributed by atoms with Crippen molar-refractivity contribution in [3.63, 3.8) is 0 Å². The number of nitrogens with zero attached hydrogens (tertiary/aromatic N) is 1. The summed E-state index contributed by atoms with van der Waals surface area (Å²) in [5.74, 6) is 2.37. The van der Waals surface area contributed by atoms with E-state index in [1.165, 1.54) is 0 Å². The Morgan fingerprint density at radius 3 is 2.16 bits per heavy atom. The molecule has 0 aliphatic rings. The SMILES string of the molecule is CC.CCOc1ccc2c(Cc3cc(OC)c(OC)c(OC)c3)cncc2c1NSNC(=O)OC(C)(C)C. The Morgan fingerprint density at radius 1 is 0.947 bits per heavy atom. The number of carbonyl (C=O) groups is 1. The van der Waals surface area contributed by atoms with E-state index < -0.39 is 11.7 Å². The normalized spacial score (nSPS) is 10.7. The van der Waals surface area contributed by atoms with E-state index in [2.05, 4.69) is 14.4 Å². The molecular weight excluding hydrogens is 506 g/mol. The number of benzene rings is 2. The van der Waals surface area contributed by atoms with Crippen molar-refractivity contribution >= 4 is 34.7 Å². The lowest BCUT2D eigenvalue weighted by molar-refractivity contribution is 0.0575. The summed E-state index contributed by atoms with van der Waals surface area (Å²) >= 11 is 1.00. The Kier molecular flexibility index (Phi) is 11.6. The van der Waals surface area contributed by atoms with Crippen LogP contribution in [0.5, 0.6) is 23.0 Å². The van der Waals surface area contributed by atoms with Crippen molar-refractivity contribution in [2.75, 3.05) is 32.7 Å². The number of methoxy groups -OCH3 is 3. The summed E-state index contributed by atoms with van der Waals surface area (Å²) in [5, 5.41) is 1.84. The number of anilines is 1. The molecule has 2 N–H and O–H groups in total. The maximum Gasteiger partial charge on any atom is 0.419 e. The molecule has 1 aromatic heterocycles. The molecule has 208 valence electrons. The van der Waals surface area contributed by atoms with Crippen LogP contribution < -0.4 is 28.4 Å². The largest absolute Gasteiger partial charge is 0.493 e. The molecule has 3 rings (SSSR count). The lowest BCUT2D eigenvalue weighted by Crippen LogP contribution is -2.29. The van der Waals surface area contributed by atoms with Crippen LogP contribution in [-0.2, 0) is 11.2 Å². The Hall–Kier alpha value is -3.53. The second-order valence-electron chi connectivity index (χ2n) is 8.78. The summed E-state index contributed by atoms with van der Waals surface area (Å²) < 4.78 is 33.4. The maximum absolute atomic E-state index is 12.1. The van der Waals surface area contributed by atoms with Crippen LogP contribution in [-0.4, -0.2) is 44.6 Å². The summed E-state index contributed by atoms with van der Waals surface area (Å²) in [5.41, 5.74) is 2.09. The molecule has 9 nitrogen and oxygen atoms in total. The molecule has 38 heavy (non-hydrogen) atoms. The smallest absolute Gasteiger partial charge is 0.419 e. The topological polar surface area (TPSA) is 100 Å². The molecule has 2 aromatic carbocycles. The zero-order valence-electron chi connectivity index (χ0n) is 23.7. The van der Waals surface area contributed by atoms with E-state index in [9.17, 15) is 4.79 Å². The van der Waals surface area contributed by atoms with Gasteiger partial charge in [-0.25, -0.2) is 9.52 Å². The molecule has 0 radical (unpaired) electrons. The predicted molar refractivity (Wildman–Crippen MR) is 154 cm³/mol. The van der Waals surface area contributed by atoms with E-state index >= 15 is 0 Å². The van der Waals surface area contributed by atoms with Gasteiger partial charge in [-0.05, 0) is 68.8 Å². The number of carbonyl (C=O) groups excluding carboxylic acids is 1. The van der Waals surface area contributed by atoms with Gasteiger partial charge in [-0.3, -0.25) is 4.98 Å². The minimum atomic E-state index is -0.591. The van der Waals surface area contributed by atoms with E-state index in [0.29, 0.717) is 41.7 Å². The molecule has 0 atom stereocenters. The number of hydrogen-bond donors (Lipinski definition) is 2. The minimum Gasteiger partial charge on any atom is -0.493 e. The molecule has 0 fully saturated rings. The third kappa shape index (κ3) is 7.98. The fourth-order valence-corrected chi connectivity index (χ4v) is 4.17. The van der Waals surface area contributed by atoms with Gasteiger partial charge in [0.15, 0.2) is 11.5 Å². The second-order valence-corrected chi connectivity index (χ2v) is 9.40. The maximum atomic E-state index is 12.1. The first kappa shape index (κ1) is 30.7. The number of rotatable bonds is 10. The van der Waals surface area contributed by atoms with E-state index in [4.69, 9.17) is 23.7 Å². The Balaban J connectivity index is 0.00000247. The van der Waals surface area contributed by atoms with Gasteiger partial charge in [0.2, 0.25) is 5.75 Å². The highest BCUT2D eigenvalue weighted by Crippen LogP contribution is 2.40. The molecule has 3 aromatic rings. The second kappa shape index (κ2) is 14.4. The predicted octanol–water partition coefficient (Wildman–Crippen LogP) is 6.78. The van der Waals surface area contributed by atoms with Gasteiger partial charge in [0.25, 0.3) is 0 Å². The first-order valence-corrected chi connectivity index (χ1v) is 13.2. The molecule has 0 unspecified atom stereocenters. The summed E-state index contributed by atoms with van der Waals surface area (Å²) in [6.45, 7) is 11.8. The molecule has 0 aliphatic carbocycles. The van der Waals surface area contributed by atoms with E-state index in [-0.39, 0.29) is 0 Å². The van der Waals surface area contributed by atoms with Crippen LogP contribution in [0.15, 0.2) is 36.7 Å². The third-order valence-corrected chi connectivity index (χ3v) is 5.67. The average molecular weight is 546 g/mol. The highest BCUT2D eigenvalue weighted by Gasteiger charge is 2.18. The average Bonchev–Trinajstić information content (AvgIpc) is 2.89. The van der Waals surface area contributed by atoms with Crippen molar-refractivity contribution < 1.29 is 28.5 Å². The van der Waals surface area contributed by atoms with Crippen LogP contribution in [0.4, 0.5) is 10.5 Å². The van der Waals surface area contributed by atoms with Gasteiger partial charge in [-0.15, -0.1) is 0 Å². The van der Waals surface area contributed by atoms with Crippen molar-refractivity contribution in [2.45, 2.75) is 53.6 Å². The minimum absolute atomic E-state index is 0.489. The van der Waals surface area contributed by atoms with Crippen molar-refractivity contribution in [1.82, 2.24) is 9.71 Å². The van der Waals surface area contributed by atoms with Crippen LogP contribution in [0.1, 0.15) is 52.7 Å². The van der Waals surface area contributed by atoms with E-state index in [1.807, 2.05) is 72.0 Å². The van der Waals surface area contributed by atoms with Crippen LogP contribution >= 0.6 is 12.1 Å². The Labute approximate surface area is 229 Å². The van der Waals surface area contributed by atoms with E-state index in [1.54, 1.807) is 27.5 Å². The number of nitrogens with one attached hydrogen (secondary N) is 2. The lowest BCUT2D eigenvalue weighted by Gasteiger charge is -2.20. The summed E-state index contributed by atoms with van der Waals surface area (Å²) in [7, 11) is 4.77. The van der Waals surface area contributed by atoms with Gasteiger partial charge in [0, 0.05) is 17.8 Å². The molecule has 0 aliphatic heterocycles. The van der Waals surface area contributed by atoms with Gasteiger partial charge >= 0.3 is 6.09 Å². The number of amides is 1. The quantitative estimate of drug-likeness (QED) is 0.267. The Bertz CT molecular complexity index is 1190. The molecule has 0 spiro atoms. The molecule has 0 saturated carbocycles. The number of hydrogen-bond acceptors (Lipinski definition) is 9. The first-order chi connectivity index (χ1) is 18.2. The Morgan fingerprint density at radius 2 is 1.61 bits per heavy atom. The van der Waals surface area contributed by atoms with Crippen molar-refractivity contribution in [3.05, 3.63) is 47.8 Å². The summed E-state index contributed by atoms with van der Waals surface area (Å²) in [6.07, 6.45) is 3.64. The van der Waals surface area contributed by atoms with Crippen LogP contribution in [0.25, 0.3) is 10.8 Å². The highest BCUT2D eigenvalue weighted by molar-refractivity contribution is 7.99. The number of fused-ring (bicyclic) bond motifs is 1. The van der Waals surface area contributed by atoms with Crippen LogP contribution in [0, 0.1) is 0 Å². The van der Waals surface area contributed by atoms with E-state index in [0.717, 1.165) is 34.0 Å². The van der Waals surface area contributed by atoms with Crippen LogP contribution in [0.2, 0.25) is 0 Å². The number of aromatic nitrogens is 1. The number of pyridine rings is 1. The van der Waals surface area contributed by atoms with Crippen molar-refractivity contribution in [1.29, 1.82) is 0 Å². The first-order valence-electron chi connectivity index (χ1n) is 12.4. The number of ether oxygens (including phenoxy) is 5. The molecule has 1 amide bonds. The van der Waals surface area contributed by atoms with Gasteiger partial charge in [-0.1, -0.05) is 19.9 Å². The highest BCUT2D eigenvalue weighted by atomic mass is 32.2. The lowest BCUT2D eigenvalue weighted by atomic mass is 9.99. The standard InChI is InChI=1S/C26H33N3O6S.C2H6/c1-8-34-20-10-9-18-17(11-16-12-21(31-5)24(33-7)22(13-16)32-6)14-27-15-19(18)23(20)28-36-29-25(30)35-26(2,3)4;1-2/h9-10,12-15,28H,8,11H2,1-7H3,(H,29,30);1-2H3. The van der Waals surface area contributed by atoms with Crippen molar-refractivity contribution in [2.24, 2.45) is 0 Å². The molecular formula is C28H39N3O6S. The van der Waals surface area contributed by atoms with Gasteiger partial charge in [-0.2, -0.15) is 0 Å². The van der Waals surface area contributed by atoms with Gasteiger partial charge in [0.05, 0.1) is 45.8 Å². The monoisotopic (exact) mass is 545 g/mol. The summed E-state index contributed by atoms with van der Waals surface area (Å²) in [4.78, 5) is 16.5. The fraction of sp³-hybridized carbons (Fsp3) is 0.429. The molecule has 10 heteroatoms. The van der Waals surface area contributed by atoms with Gasteiger partial charge < -0.3 is 28.4 Å². The fourth-order valence-electron chi connectivity index (χ4n) is 3.68.